The summed E-state index contributed by atoms with van der Waals surface area (Å²) in [5.74, 6) is 0. The standard InChI is InChI=1S/C12H22BrN3O2/c1-5-10-12(13)11(16(3)14-10)7-15(2)6-9(17)8-18-4/h9,17H,5-8H2,1-4H3. The number of aliphatic hydroxyl groups excluding tert-OH is 1. The van der Waals surface area contributed by atoms with Crippen LogP contribution in [-0.2, 0) is 24.8 Å². The third kappa shape index (κ3) is 4.05. The van der Waals surface area contributed by atoms with E-state index in [9.17, 15) is 5.11 Å². The van der Waals surface area contributed by atoms with Crippen molar-refractivity contribution in [2.75, 3.05) is 27.3 Å². The number of hydrogen-bond donors (Lipinski definition) is 1. The Morgan fingerprint density at radius 1 is 1.56 bits per heavy atom. The van der Waals surface area contributed by atoms with Gasteiger partial charge in [0.1, 0.15) is 0 Å². The molecule has 104 valence electrons. The van der Waals surface area contributed by atoms with Crippen molar-refractivity contribution in [1.82, 2.24) is 14.7 Å². The van der Waals surface area contributed by atoms with Crippen molar-refractivity contribution in [1.29, 1.82) is 0 Å². The van der Waals surface area contributed by atoms with Crippen molar-refractivity contribution in [3.8, 4) is 0 Å². The number of nitrogens with zero attached hydrogens (tertiary/aromatic N) is 3. The normalized spacial score (nSPS) is 13.3. The Balaban J connectivity index is 2.64. The van der Waals surface area contributed by atoms with Gasteiger partial charge in [-0.2, -0.15) is 5.10 Å². The van der Waals surface area contributed by atoms with Gasteiger partial charge in [0.25, 0.3) is 0 Å². The zero-order valence-electron chi connectivity index (χ0n) is 11.5. The molecule has 0 fully saturated rings. The number of aryl methyl sites for hydroxylation is 2. The number of likely N-dealkylation sites (N-methyl/N-ethyl adjacent to an activating group) is 1. The summed E-state index contributed by atoms with van der Waals surface area (Å²) in [6.45, 7) is 3.76. The van der Waals surface area contributed by atoms with Crippen LogP contribution in [0.1, 0.15) is 18.3 Å². The Morgan fingerprint density at radius 2 is 2.22 bits per heavy atom. The Hall–Kier alpha value is -0.430. The Bertz CT molecular complexity index is 382. The van der Waals surface area contributed by atoms with E-state index in [0.717, 1.165) is 28.8 Å². The molecule has 5 nitrogen and oxygen atoms in total. The summed E-state index contributed by atoms with van der Waals surface area (Å²) in [7, 11) is 5.51. The molecule has 0 aliphatic heterocycles. The Kier molecular flexibility index (Phi) is 6.28. The van der Waals surface area contributed by atoms with Crippen LogP contribution in [0.2, 0.25) is 0 Å². The smallest absolute Gasteiger partial charge is 0.0900 e. The van der Waals surface area contributed by atoms with Gasteiger partial charge in [0.15, 0.2) is 0 Å². The lowest BCUT2D eigenvalue weighted by atomic mass is 10.3. The Labute approximate surface area is 117 Å². The molecule has 1 aromatic rings. The molecule has 1 atom stereocenters. The van der Waals surface area contributed by atoms with Crippen LogP contribution < -0.4 is 0 Å². The monoisotopic (exact) mass is 319 g/mol. The average molecular weight is 320 g/mol. The number of methoxy groups -OCH3 is 1. The number of hydrogen-bond acceptors (Lipinski definition) is 4. The fraction of sp³-hybridized carbons (Fsp3) is 0.750. The van der Waals surface area contributed by atoms with E-state index < -0.39 is 6.10 Å². The van der Waals surface area contributed by atoms with Crippen molar-refractivity contribution in [3.63, 3.8) is 0 Å². The molecule has 0 bridgehead atoms. The van der Waals surface area contributed by atoms with E-state index in [1.807, 2.05) is 18.8 Å². The largest absolute Gasteiger partial charge is 0.389 e. The maximum Gasteiger partial charge on any atom is 0.0900 e. The second-order valence-electron chi connectivity index (χ2n) is 4.49. The lowest BCUT2D eigenvalue weighted by molar-refractivity contribution is 0.0414. The van der Waals surface area contributed by atoms with Crippen molar-refractivity contribution >= 4 is 15.9 Å². The minimum absolute atomic E-state index is 0.358. The van der Waals surface area contributed by atoms with E-state index in [4.69, 9.17) is 4.74 Å². The van der Waals surface area contributed by atoms with Gasteiger partial charge in [0, 0.05) is 27.2 Å². The summed E-state index contributed by atoms with van der Waals surface area (Å²) < 4.78 is 7.88. The quantitative estimate of drug-likeness (QED) is 0.820. The SMILES string of the molecule is CCc1nn(C)c(CN(C)CC(O)COC)c1Br. The first kappa shape index (κ1) is 15.6. The van der Waals surface area contributed by atoms with Crippen LogP contribution in [0, 0.1) is 0 Å². The van der Waals surface area contributed by atoms with E-state index in [-0.39, 0.29) is 0 Å². The molecule has 1 heterocycles. The van der Waals surface area contributed by atoms with Gasteiger partial charge in [-0.05, 0) is 29.4 Å². The van der Waals surface area contributed by atoms with Crippen LogP contribution in [0.25, 0.3) is 0 Å². The van der Waals surface area contributed by atoms with Crippen LogP contribution in [-0.4, -0.2) is 53.2 Å². The molecule has 1 N–H and O–H groups in total. The maximum absolute atomic E-state index is 9.69. The predicted molar refractivity (Wildman–Crippen MR) is 74.5 cm³/mol. The zero-order chi connectivity index (χ0) is 13.7. The molecule has 0 aromatic carbocycles. The molecule has 1 rings (SSSR count). The first-order valence-corrected chi connectivity index (χ1v) is 6.84. The molecule has 0 saturated carbocycles. The molecule has 18 heavy (non-hydrogen) atoms. The van der Waals surface area contributed by atoms with Crippen molar-refractivity contribution in [3.05, 3.63) is 15.9 Å². The number of ether oxygens (including phenoxy) is 1. The number of rotatable bonds is 7. The summed E-state index contributed by atoms with van der Waals surface area (Å²) in [4.78, 5) is 2.06. The number of aliphatic hydroxyl groups is 1. The van der Waals surface area contributed by atoms with Gasteiger partial charge in [-0.1, -0.05) is 6.92 Å². The molecular weight excluding hydrogens is 298 g/mol. The molecule has 0 spiro atoms. The molecule has 0 radical (unpaired) electrons. The topological polar surface area (TPSA) is 50.5 Å². The van der Waals surface area contributed by atoms with Crippen molar-refractivity contribution < 1.29 is 9.84 Å². The van der Waals surface area contributed by atoms with E-state index in [2.05, 4.69) is 32.9 Å². The minimum atomic E-state index is -0.461. The molecule has 6 heteroatoms. The third-order valence-electron chi connectivity index (χ3n) is 2.80. The van der Waals surface area contributed by atoms with Gasteiger partial charge >= 0.3 is 0 Å². The highest BCUT2D eigenvalue weighted by molar-refractivity contribution is 9.10. The summed E-state index contributed by atoms with van der Waals surface area (Å²) >= 11 is 3.59. The van der Waals surface area contributed by atoms with Gasteiger partial charge in [-0.25, -0.2) is 0 Å². The van der Waals surface area contributed by atoms with Gasteiger partial charge in [-0.15, -0.1) is 0 Å². The van der Waals surface area contributed by atoms with Crippen molar-refractivity contribution in [2.24, 2.45) is 7.05 Å². The number of aromatic nitrogens is 2. The molecule has 0 amide bonds. The number of halogens is 1. The fourth-order valence-corrected chi connectivity index (χ4v) is 2.66. The highest BCUT2D eigenvalue weighted by atomic mass is 79.9. The summed E-state index contributed by atoms with van der Waals surface area (Å²) in [6, 6.07) is 0. The zero-order valence-corrected chi connectivity index (χ0v) is 13.1. The highest BCUT2D eigenvalue weighted by Crippen LogP contribution is 2.22. The predicted octanol–water partition coefficient (Wildman–Crippen LogP) is 1.18. The summed E-state index contributed by atoms with van der Waals surface area (Å²) in [5.41, 5.74) is 2.19. The molecule has 1 unspecified atom stereocenters. The second-order valence-corrected chi connectivity index (χ2v) is 5.28. The van der Waals surface area contributed by atoms with Gasteiger partial charge in [-0.3, -0.25) is 9.58 Å². The lowest BCUT2D eigenvalue weighted by Gasteiger charge is -2.20. The molecule has 0 aliphatic carbocycles. The minimum Gasteiger partial charge on any atom is -0.389 e. The van der Waals surface area contributed by atoms with Crippen LogP contribution in [0.3, 0.4) is 0 Å². The molecule has 0 aliphatic rings. The third-order valence-corrected chi connectivity index (χ3v) is 3.72. The van der Waals surface area contributed by atoms with E-state index in [0.29, 0.717) is 13.2 Å². The van der Waals surface area contributed by atoms with Gasteiger partial charge in [0.2, 0.25) is 0 Å². The van der Waals surface area contributed by atoms with Crippen molar-refractivity contribution in [2.45, 2.75) is 26.0 Å². The van der Waals surface area contributed by atoms with E-state index >= 15 is 0 Å². The van der Waals surface area contributed by atoms with E-state index in [1.54, 1.807) is 7.11 Å². The molecular formula is C12H22BrN3O2. The van der Waals surface area contributed by atoms with Gasteiger partial charge < -0.3 is 9.84 Å². The van der Waals surface area contributed by atoms with Crippen LogP contribution in [0.15, 0.2) is 4.47 Å². The second kappa shape index (κ2) is 7.23. The van der Waals surface area contributed by atoms with Crippen LogP contribution in [0.5, 0.6) is 0 Å². The summed E-state index contributed by atoms with van der Waals surface area (Å²) in [5, 5.41) is 14.1. The van der Waals surface area contributed by atoms with Crippen LogP contribution >= 0.6 is 15.9 Å². The average Bonchev–Trinajstić information content (AvgIpc) is 2.56. The molecule has 0 saturated heterocycles. The fourth-order valence-electron chi connectivity index (χ4n) is 1.92. The van der Waals surface area contributed by atoms with Gasteiger partial charge in [0.05, 0.1) is 28.6 Å². The summed E-state index contributed by atoms with van der Waals surface area (Å²) in [6.07, 6.45) is 0.447. The van der Waals surface area contributed by atoms with Crippen LogP contribution in [0.4, 0.5) is 0 Å². The Morgan fingerprint density at radius 3 is 2.72 bits per heavy atom. The maximum atomic E-state index is 9.69. The lowest BCUT2D eigenvalue weighted by Crippen LogP contribution is -2.32. The van der Waals surface area contributed by atoms with E-state index in [1.165, 1.54) is 0 Å². The highest BCUT2D eigenvalue weighted by Gasteiger charge is 2.15. The first-order valence-electron chi connectivity index (χ1n) is 6.05. The first-order chi connectivity index (χ1) is 8.49. The molecule has 1 aromatic heterocycles.